The van der Waals surface area contributed by atoms with Crippen LogP contribution >= 0.6 is 0 Å². The predicted molar refractivity (Wildman–Crippen MR) is 196 cm³/mol. The summed E-state index contributed by atoms with van der Waals surface area (Å²) >= 11 is 0. The molecule has 4 aromatic carbocycles. The van der Waals surface area contributed by atoms with Crippen molar-refractivity contribution in [3.05, 3.63) is 82.9 Å². The van der Waals surface area contributed by atoms with Crippen LogP contribution in [0, 0.1) is 0 Å². The Kier molecular flexibility index (Phi) is 9.66. The van der Waals surface area contributed by atoms with Crippen LogP contribution in [0.3, 0.4) is 0 Å². The number of carbonyl (C=O) groups excluding carboxylic acids is 2. The fourth-order valence-electron chi connectivity index (χ4n) is 5.26. The Labute approximate surface area is 272 Å². The van der Waals surface area contributed by atoms with Gasteiger partial charge in [0.1, 0.15) is 22.6 Å². The van der Waals surface area contributed by atoms with Crippen molar-refractivity contribution in [2.45, 2.75) is 85.0 Å². The van der Waals surface area contributed by atoms with E-state index < -0.39 is 45.2 Å². The van der Waals surface area contributed by atoms with Crippen LogP contribution < -0.4 is 8.85 Å². The van der Waals surface area contributed by atoms with Crippen LogP contribution in [0.1, 0.15) is 31.8 Å². The molecule has 4 aromatic rings. The standard InChI is InChI=1S/C35H48O6Si4/c1-42(2,3)38-30-21-24-17-13-15-19-26(24)28(32(30)34(36)40-44(7,8)9)23-29-27-20-16-14-18-25(27)22-31(39-43(4,5)6)33(29)35(37)41-45(10,11)12/h13-22H,23H2,1-12H3. The fourth-order valence-corrected chi connectivity index (χ4v) is 8.22. The summed E-state index contributed by atoms with van der Waals surface area (Å²) in [5.41, 5.74) is 2.37. The fraction of sp³-hybridized carbons (Fsp3) is 0.371. The van der Waals surface area contributed by atoms with Crippen molar-refractivity contribution in [1.82, 2.24) is 0 Å². The molecule has 240 valence electrons. The monoisotopic (exact) mass is 676 g/mol. The highest BCUT2D eigenvalue weighted by Crippen LogP contribution is 2.40. The first-order valence-electron chi connectivity index (χ1n) is 15.6. The van der Waals surface area contributed by atoms with E-state index in [1.807, 2.05) is 99.9 Å². The summed E-state index contributed by atoms with van der Waals surface area (Å²) in [4.78, 5) is 28.4. The van der Waals surface area contributed by atoms with Gasteiger partial charge in [-0.1, -0.05) is 48.5 Å². The minimum absolute atomic E-state index is 0.277. The van der Waals surface area contributed by atoms with Crippen molar-refractivity contribution in [2.75, 3.05) is 0 Å². The molecule has 0 amide bonds. The second-order valence-corrected chi connectivity index (χ2v) is 33.2. The summed E-state index contributed by atoms with van der Waals surface area (Å²) in [5, 5.41) is 3.73. The van der Waals surface area contributed by atoms with Crippen LogP contribution in [0.5, 0.6) is 11.5 Å². The Balaban J connectivity index is 2.14. The number of hydrogen-bond acceptors (Lipinski definition) is 6. The maximum atomic E-state index is 14.2. The second-order valence-electron chi connectivity index (χ2n) is 15.5. The molecule has 0 aliphatic heterocycles. The maximum Gasteiger partial charge on any atom is 0.328 e. The maximum absolute atomic E-state index is 14.2. The van der Waals surface area contributed by atoms with E-state index in [1.54, 1.807) is 0 Å². The molecule has 0 unspecified atom stereocenters. The molecule has 0 radical (unpaired) electrons. The lowest BCUT2D eigenvalue weighted by Crippen LogP contribution is -2.33. The Morgan fingerprint density at radius 2 is 0.844 bits per heavy atom. The summed E-state index contributed by atoms with van der Waals surface area (Å²) in [5.74, 6) is 0.258. The average Bonchev–Trinajstić information content (AvgIpc) is 2.84. The van der Waals surface area contributed by atoms with Crippen molar-refractivity contribution in [1.29, 1.82) is 0 Å². The average molecular weight is 677 g/mol. The minimum Gasteiger partial charge on any atom is -0.544 e. The Morgan fingerprint density at radius 1 is 0.511 bits per heavy atom. The molecule has 0 saturated heterocycles. The first-order chi connectivity index (χ1) is 20.6. The lowest BCUT2D eigenvalue weighted by molar-refractivity contribution is 0.0712. The molecule has 0 fully saturated rings. The van der Waals surface area contributed by atoms with Gasteiger partial charge in [0.05, 0.1) is 0 Å². The van der Waals surface area contributed by atoms with Crippen molar-refractivity contribution < 1.29 is 27.3 Å². The molecule has 0 bridgehead atoms. The van der Waals surface area contributed by atoms with Crippen molar-refractivity contribution in [3.63, 3.8) is 0 Å². The van der Waals surface area contributed by atoms with E-state index in [-0.39, 0.29) is 6.42 Å². The molecule has 6 nitrogen and oxygen atoms in total. The molecule has 10 heteroatoms. The van der Waals surface area contributed by atoms with E-state index >= 15 is 0 Å². The topological polar surface area (TPSA) is 71.1 Å². The Bertz CT molecular complexity index is 1630. The number of fused-ring (bicyclic) bond motifs is 2. The highest BCUT2D eigenvalue weighted by atomic mass is 28.4. The largest absolute Gasteiger partial charge is 0.544 e. The van der Waals surface area contributed by atoms with E-state index in [1.165, 1.54) is 0 Å². The highest BCUT2D eigenvalue weighted by Gasteiger charge is 2.33. The molecule has 0 heterocycles. The number of carbonyl (C=O) groups is 2. The molecule has 0 spiro atoms. The molecule has 0 aromatic heterocycles. The SMILES string of the molecule is C[Si](C)(C)OC(=O)c1c(O[Si](C)(C)C)cc2ccccc2c1Cc1c(C(=O)O[Si](C)(C)C)c(O[Si](C)(C)C)cc2ccccc12. The van der Waals surface area contributed by atoms with Gasteiger partial charge in [0.2, 0.25) is 33.3 Å². The van der Waals surface area contributed by atoms with E-state index in [0.717, 1.165) is 32.7 Å². The van der Waals surface area contributed by atoms with Crippen LogP contribution in [0.15, 0.2) is 60.7 Å². The zero-order valence-corrected chi connectivity index (χ0v) is 32.9. The van der Waals surface area contributed by atoms with Crippen LogP contribution in [-0.2, 0) is 15.3 Å². The second kappa shape index (κ2) is 12.5. The Morgan fingerprint density at radius 3 is 1.16 bits per heavy atom. The van der Waals surface area contributed by atoms with Gasteiger partial charge in [-0.25, -0.2) is 9.59 Å². The molecule has 0 atom stereocenters. The predicted octanol–water partition coefficient (Wildman–Crippen LogP) is 9.99. The summed E-state index contributed by atoms with van der Waals surface area (Å²) < 4.78 is 25.6. The smallest absolute Gasteiger partial charge is 0.328 e. The van der Waals surface area contributed by atoms with Gasteiger partial charge in [0.15, 0.2) is 0 Å². The minimum atomic E-state index is -2.28. The molecule has 0 aliphatic rings. The molecular weight excluding hydrogens is 629 g/mol. The van der Waals surface area contributed by atoms with Crippen molar-refractivity contribution in [2.24, 2.45) is 0 Å². The van der Waals surface area contributed by atoms with Gasteiger partial charge in [-0.05, 0) is 123 Å². The van der Waals surface area contributed by atoms with Gasteiger partial charge in [-0.3, -0.25) is 0 Å². The third-order valence-corrected chi connectivity index (χ3v) is 9.89. The van der Waals surface area contributed by atoms with Gasteiger partial charge >= 0.3 is 11.9 Å². The van der Waals surface area contributed by atoms with Crippen LogP contribution in [0.25, 0.3) is 21.5 Å². The molecule has 0 N–H and O–H groups in total. The first-order valence-corrected chi connectivity index (χ1v) is 29.2. The van der Waals surface area contributed by atoms with Crippen molar-refractivity contribution in [3.8, 4) is 11.5 Å². The quantitative estimate of drug-likeness (QED) is 0.156. The number of benzene rings is 4. The summed E-state index contributed by atoms with van der Waals surface area (Å²) in [6.45, 7) is 24.6. The first kappa shape index (κ1) is 34.7. The third kappa shape index (κ3) is 8.96. The van der Waals surface area contributed by atoms with E-state index in [9.17, 15) is 9.59 Å². The van der Waals surface area contributed by atoms with Gasteiger partial charge in [0.25, 0.3) is 0 Å². The lowest BCUT2D eigenvalue weighted by Gasteiger charge is -2.28. The third-order valence-electron chi connectivity index (χ3n) is 6.63. The van der Waals surface area contributed by atoms with E-state index in [4.69, 9.17) is 17.7 Å². The van der Waals surface area contributed by atoms with Gasteiger partial charge < -0.3 is 17.7 Å². The van der Waals surface area contributed by atoms with E-state index in [0.29, 0.717) is 22.6 Å². The lowest BCUT2D eigenvalue weighted by atomic mass is 9.88. The van der Waals surface area contributed by atoms with Gasteiger partial charge in [-0.15, -0.1) is 0 Å². The van der Waals surface area contributed by atoms with Crippen LogP contribution in [0.2, 0.25) is 78.6 Å². The molecule has 0 aliphatic carbocycles. The van der Waals surface area contributed by atoms with Crippen LogP contribution in [-0.4, -0.2) is 45.2 Å². The zero-order valence-electron chi connectivity index (χ0n) is 28.9. The number of hydrogen-bond donors (Lipinski definition) is 0. The van der Waals surface area contributed by atoms with Crippen LogP contribution in [0.4, 0.5) is 0 Å². The molecule has 4 rings (SSSR count). The highest BCUT2D eigenvalue weighted by molar-refractivity contribution is 6.72. The molecule has 0 saturated carbocycles. The van der Waals surface area contributed by atoms with Gasteiger partial charge in [0, 0.05) is 6.42 Å². The normalized spacial score (nSPS) is 12.7. The summed E-state index contributed by atoms with van der Waals surface area (Å²) in [6, 6.07) is 20.0. The van der Waals surface area contributed by atoms with E-state index in [2.05, 4.69) is 39.3 Å². The number of rotatable bonds is 10. The van der Waals surface area contributed by atoms with Crippen molar-refractivity contribution >= 4 is 66.8 Å². The Hall–Kier alpha value is -3.19. The molecular formula is C35H48O6Si4. The van der Waals surface area contributed by atoms with Gasteiger partial charge in [-0.2, -0.15) is 0 Å². The summed E-state index contributed by atoms with van der Waals surface area (Å²) in [7, 11) is -8.87. The zero-order chi connectivity index (χ0) is 33.5. The summed E-state index contributed by atoms with van der Waals surface area (Å²) in [6.07, 6.45) is 0.277. The molecule has 45 heavy (non-hydrogen) atoms.